The van der Waals surface area contributed by atoms with Crippen LogP contribution in [0.15, 0.2) is 35.5 Å². The van der Waals surface area contributed by atoms with Crippen LogP contribution in [-0.4, -0.2) is 40.6 Å². The smallest absolute Gasteiger partial charge is 0.273 e. The van der Waals surface area contributed by atoms with Crippen LogP contribution in [-0.2, 0) is 0 Å². The molecule has 0 aromatic carbocycles. The second kappa shape index (κ2) is 6.60. The molecule has 6 heteroatoms. The molecule has 0 aliphatic carbocycles. The molecule has 0 bridgehead atoms. The van der Waals surface area contributed by atoms with Gasteiger partial charge in [0.2, 0.25) is 0 Å². The summed E-state index contributed by atoms with van der Waals surface area (Å²) in [5.41, 5.74) is 0.420. The maximum Gasteiger partial charge on any atom is 0.273 e. The van der Waals surface area contributed by atoms with E-state index in [0.717, 1.165) is 9.88 Å². The Morgan fingerprint density at radius 1 is 1.53 bits per heavy atom. The Bertz CT molecular complexity index is 549. The first kappa shape index (κ1) is 13.9. The molecule has 2 heterocycles. The second-order valence-electron chi connectivity index (χ2n) is 3.78. The highest BCUT2D eigenvalue weighted by molar-refractivity contribution is 7.20. The number of hydrogen-bond acceptors (Lipinski definition) is 5. The van der Waals surface area contributed by atoms with Gasteiger partial charge in [-0.05, 0) is 11.4 Å². The van der Waals surface area contributed by atoms with E-state index in [0.29, 0.717) is 12.2 Å². The van der Waals surface area contributed by atoms with Gasteiger partial charge in [0, 0.05) is 18.5 Å². The van der Waals surface area contributed by atoms with Gasteiger partial charge in [-0.3, -0.25) is 4.79 Å². The third-order valence-electron chi connectivity index (χ3n) is 2.46. The highest BCUT2D eigenvalue weighted by Crippen LogP contribution is 2.28. The van der Waals surface area contributed by atoms with Crippen LogP contribution in [0, 0.1) is 0 Å². The van der Waals surface area contributed by atoms with Crippen LogP contribution in [0.1, 0.15) is 10.5 Å². The van der Waals surface area contributed by atoms with Crippen molar-refractivity contribution < 1.29 is 9.90 Å². The molecule has 0 saturated heterocycles. The summed E-state index contributed by atoms with van der Waals surface area (Å²) in [5.74, 6) is -0.173. The van der Waals surface area contributed by atoms with Crippen LogP contribution in [0.4, 0.5) is 0 Å². The van der Waals surface area contributed by atoms with E-state index in [1.165, 1.54) is 16.2 Å². The van der Waals surface area contributed by atoms with E-state index in [1.54, 1.807) is 22.8 Å². The lowest BCUT2D eigenvalue weighted by Gasteiger charge is -2.18. The van der Waals surface area contributed by atoms with E-state index >= 15 is 0 Å². The Balaban J connectivity index is 2.17. The molecular formula is C13H14N2O2S2. The predicted octanol–water partition coefficient (Wildman–Crippen LogP) is 2.49. The summed E-state index contributed by atoms with van der Waals surface area (Å²) in [6, 6.07) is 3.94. The van der Waals surface area contributed by atoms with E-state index in [4.69, 9.17) is 5.11 Å². The lowest BCUT2D eigenvalue weighted by molar-refractivity contribution is 0.0738. The zero-order valence-corrected chi connectivity index (χ0v) is 11.9. The molecule has 0 atom stereocenters. The number of aliphatic hydroxyl groups is 1. The Kier molecular flexibility index (Phi) is 4.84. The molecule has 100 valence electrons. The first-order valence-corrected chi connectivity index (χ1v) is 7.52. The Morgan fingerprint density at radius 2 is 2.37 bits per heavy atom. The van der Waals surface area contributed by atoms with Crippen LogP contribution in [0.2, 0.25) is 0 Å². The number of carbonyl (C=O) groups is 1. The van der Waals surface area contributed by atoms with Gasteiger partial charge in [-0.2, -0.15) is 0 Å². The van der Waals surface area contributed by atoms with E-state index in [1.807, 2.05) is 17.5 Å². The molecule has 0 aliphatic heterocycles. The molecule has 2 aromatic heterocycles. The molecule has 0 aliphatic rings. The first-order chi connectivity index (χ1) is 9.26. The number of thiazole rings is 1. The first-order valence-electron chi connectivity index (χ1n) is 5.76. The summed E-state index contributed by atoms with van der Waals surface area (Å²) in [6.07, 6.45) is 1.64. The summed E-state index contributed by atoms with van der Waals surface area (Å²) < 4.78 is 0. The number of amides is 1. The maximum absolute atomic E-state index is 12.2. The molecule has 0 saturated carbocycles. The molecule has 1 amide bonds. The molecule has 2 rings (SSSR count). The van der Waals surface area contributed by atoms with Crippen LogP contribution < -0.4 is 0 Å². The molecule has 0 unspecified atom stereocenters. The molecule has 4 nitrogen and oxygen atoms in total. The maximum atomic E-state index is 12.2. The van der Waals surface area contributed by atoms with Crippen LogP contribution in [0.5, 0.6) is 0 Å². The number of rotatable bonds is 6. The lowest BCUT2D eigenvalue weighted by Crippen LogP contribution is -2.33. The Morgan fingerprint density at radius 3 is 3.00 bits per heavy atom. The van der Waals surface area contributed by atoms with Gasteiger partial charge < -0.3 is 10.0 Å². The quantitative estimate of drug-likeness (QED) is 0.833. The molecule has 0 radical (unpaired) electrons. The normalized spacial score (nSPS) is 10.4. The van der Waals surface area contributed by atoms with Crippen molar-refractivity contribution in [1.29, 1.82) is 0 Å². The fraction of sp³-hybridized carbons (Fsp3) is 0.231. The minimum atomic E-state index is -0.173. The largest absolute Gasteiger partial charge is 0.395 e. The fourth-order valence-electron chi connectivity index (χ4n) is 1.60. The van der Waals surface area contributed by atoms with Gasteiger partial charge in [0.25, 0.3) is 5.91 Å². The number of carbonyl (C=O) groups excluding carboxylic acids is 1. The average molecular weight is 294 g/mol. The summed E-state index contributed by atoms with van der Waals surface area (Å²) in [7, 11) is 0. The van der Waals surface area contributed by atoms with Gasteiger partial charge in [0.05, 0.1) is 11.5 Å². The molecule has 0 spiro atoms. The highest BCUT2D eigenvalue weighted by Gasteiger charge is 2.18. The SMILES string of the molecule is C=CCN(CCO)C(=O)c1csc(-c2cccs2)n1. The summed E-state index contributed by atoms with van der Waals surface area (Å²) >= 11 is 3.05. The van der Waals surface area contributed by atoms with Crippen molar-refractivity contribution in [2.75, 3.05) is 19.7 Å². The topological polar surface area (TPSA) is 53.4 Å². The molecule has 1 N–H and O–H groups in total. The Labute approximate surface area is 119 Å². The standard InChI is InChI=1S/C13H14N2O2S2/c1-2-5-15(6-7-16)13(17)10-9-19-12(14-10)11-4-3-8-18-11/h2-4,8-9,16H,1,5-7H2. The van der Waals surface area contributed by atoms with Crippen molar-refractivity contribution in [3.05, 3.63) is 41.2 Å². The third kappa shape index (κ3) is 3.28. The van der Waals surface area contributed by atoms with Crippen LogP contribution in [0.25, 0.3) is 9.88 Å². The highest BCUT2D eigenvalue weighted by atomic mass is 32.1. The van der Waals surface area contributed by atoms with Gasteiger partial charge in [0.1, 0.15) is 10.7 Å². The summed E-state index contributed by atoms with van der Waals surface area (Å²) in [6.45, 7) is 4.24. The van der Waals surface area contributed by atoms with E-state index in [-0.39, 0.29) is 19.1 Å². The van der Waals surface area contributed by atoms with Gasteiger partial charge in [-0.1, -0.05) is 12.1 Å². The number of thiophene rings is 1. The van der Waals surface area contributed by atoms with Crippen molar-refractivity contribution >= 4 is 28.6 Å². The second-order valence-corrected chi connectivity index (χ2v) is 5.58. The Hall–Kier alpha value is -1.50. The zero-order valence-electron chi connectivity index (χ0n) is 10.3. The van der Waals surface area contributed by atoms with Gasteiger partial charge in [-0.25, -0.2) is 4.98 Å². The third-order valence-corrected chi connectivity index (χ3v) is 4.34. The molecular weight excluding hydrogens is 280 g/mol. The van der Waals surface area contributed by atoms with Gasteiger partial charge in [-0.15, -0.1) is 29.3 Å². The molecule has 2 aromatic rings. The minimum absolute atomic E-state index is 0.0680. The van der Waals surface area contributed by atoms with E-state index in [9.17, 15) is 4.79 Å². The average Bonchev–Trinajstić information content (AvgIpc) is 3.08. The van der Waals surface area contributed by atoms with Crippen molar-refractivity contribution in [3.63, 3.8) is 0 Å². The summed E-state index contributed by atoms with van der Waals surface area (Å²) in [4.78, 5) is 19.2. The van der Waals surface area contributed by atoms with Crippen LogP contribution in [0.3, 0.4) is 0 Å². The van der Waals surface area contributed by atoms with E-state index < -0.39 is 0 Å². The lowest BCUT2D eigenvalue weighted by atomic mass is 10.3. The van der Waals surface area contributed by atoms with Gasteiger partial charge in [0.15, 0.2) is 0 Å². The van der Waals surface area contributed by atoms with Crippen molar-refractivity contribution in [1.82, 2.24) is 9.88 Å². The number of nitrogens with zero attached hydrogens (tertiary/aromatic N) is 2. The number of aliphatic hydroxyl groups excluding tert-OH is 1. The van der Waals surface area contributed by atoms with E-state index in [2.05, 4.69) is 11.6 Å². The monoisotopic (exact) mass is 294 g/mol. The van der Waals surface area contributed by atoms with Gasteiger partial charge >= 0.3 is 0 Å². The van der Waals surface area contributed by atoms with Crippen molar-refractivity contribution in [2.45, 2.75) is 0 Å². The number of aromatic nitrogens is 1. The number of hydrogen-bond donors (Lipinski definition) is 1. The molecule has 19 heavy (non-hydrogen) atoms. The summed E-state index contributed by atoms with van der Waals surface area (Å²) in [5, 5.41) is 13.6. The molecule has 0 fully saturated rings. The fourth-order valence-corrected chi connectivity index (χ4v) is 3.21. The zero-order chi connectivity index (χ0) is 13.7. The minimum Gasteiger partial charge on any atom is -0.395 e. The van der Waals surface area contributed by atoms with Crippen molar-refractivity contribution in [3.8, 4) is 9.88 Å². The van der Waals surface area contributed by atoms with Crippen molar-refractivity contribution in [2.24, 2.45) is 0 Å². The predicted molar refractivity (Wildman–Crippen MR) is 78.6 cm³/mol. The van der Waals surface area contributed by atoms with Crippen LogP contribution >= 0.6 is 22.7 Å².